The highest BCUT2D eigenvalue weighted by atomic mass is 19.1. The summed E-state index contributed by atoms with van der Waals surface area (Å²) in [4.78, 5) is 33.9. The minimum atomic E-state index is -0.987. The van der Waals surface area contributed by atoms with E-state index in [1.165, 1.54) is 13.2 Å². The molecule has 8 nitrogen and oxygen atoms in total. The first-order chi connectivity index (χ1) is 12.7. The number of nitro groups is 1. The van der Waals surface area contributed by atoms with E-state index in [2.05, 4.69) is 15.4 Å². The molecule has 0 aliphatic carbocycles. The number of nitrogens with one attached hydrogen (secondary N) is 2. The molecule has 0 aromatic heterocycles. The van der Waals surface area contributed by atoms with Crippen LogP contribution in [-0.4, -0.2) is 30.0 Å². The molecule has 0 saturated heterocycles. The quantitative estimate of drug-likeness (QED) is 0.455. The number of rotatable bonds is 6. The fraction of sp³-hybridized carbons (Fsp3) is 0.222. The van der Waals surface area contributed by atoms with Gasteiger partial charge in [0, 0.05) is 17.4 Å². The number of benzene rings is 2. The molecular formula is C18H18FN3O5. The van der Waals surface area contributed by atoms with Crippen molar-refractivity contribution in [1.29, 1.82) is 0 Å². The molecule has 2 N–H and O–H groups in total. The van der Waals surface area contributed by atoms with E-state index in [0.717, 1.165) is 17.7 Å². The average molecular weight is 375 g/mol. The van der Waals surface area contributed by atoms with Gasteiger partial charge in [-0.05, 0) is 43.7 Å². The molecular weight excluding hydrogens is 357 g/mol. The molecule has 0 fully saturated rings. The molecule has 0 saturated carbocycles. The Labute approximate surface area is 154 Å². The van der Waals surface area contributed by atoms with Crippen LogP contribution in [-0.2, 0) is 9.53 Å². The Balaban J connectivity index is 2.13. The molecule has 2 aromatic rings. The van der Waals surface area contributed by atoms with Crippen molar-refractivity contribution in [3.05, 3.63) is 63.5 Å². The van der Waals surface area contributed by atoms with E-state index in [-0.39, 0.29) is 5.69 Å². The summed E-state index contributed by atoms with van der Waals surface area (Å²) in [5.74, 6) is -1.98. The number of hydrogen-bond donors (Lipinski definition) is 2. The van der Waals surface area contributed by atoms with Gasteiger partial charge in [0.05, 0.1) is 17.6 Å². The first-order valence-corrected chi connectivity index (χ1v) is 7.93. The van der Waals surface area contributed by atoms with Gasteiger partial charge in [-0.1, -0.05) is 6.07 Å². The topological polar surface area (TPSA) is 111 Å². The SMILES string of the molecule is COC(=O)c1ccc(C)c(N[C@H](C)C(=O)Nc2ccc(F)c([N+](=O)[O-])c2)c1. The van der Waals surface area contributed by atoms with Crippen LogP contribution in [0.2, 0.25) is 0 Å². The van der Waals surface area contributed by atoms with Crippen molar-refractivity contribution in [2.45, 2.75) is 19.9 Å². The van der Waals surface area contributed by atoms with Crippen LogP contribution in [0.25, 0.3) is 0 Å². The third kappa shape index (κ3) is 4.78. The van der Waals surface area contributed by atoms with E-state index < -0.39 is 34.3 Å². The number of amides is 1. The maximum absolute atomic E-state index is 13.4. The van der Waals surface area contributed by atoms with Crippen molar-refractivity contribution in [3.63, 3.8) is 0 Å². The Hall–Kier alpha value is -3.49. The third-order valence-electron chi connectivity index (χ3n) is 3.83. The molecule has 0 heterocycles. The van der Waals surface area contributed by atoms with Crippen molar-refractivity contribution < 1.29 is 23.6 Å². The van der Waals surface area contributed by atoms with Crippen molar-refractivity contribution in [1.82, 2.24) is 0 Å². The van der Waals surface area contributed by atoms with Gasteiger partial charge in [-0.2, -0.15) is 4.39 Å². The van der Waals surface area contributed by atoms with Crippen LogP contribution in [0, 0.1) is 22.9 Å². The summed E-state index contributed by atoms with van der Waals surface area (Å²) in [6, 6.07) is 7.24. The lowest BCUT2D eigenvalue weighted by Gasteiger charge is -2.17. The zero-order valence-corrected chi connectivity index (χ0v) is 14.9. The summed E-state index contributed by atoms with van der Waals surface area (Å²) in [6.07, 6.45) is 0. The minimum Gasteiger partial charge on any atom is -0.465 e. The predicted molar refractivity (Wildman–Crippen MR) is 97.3 cm³/mol. The first kappa shape index (κ1) is 19.8. The van der Waals surface area contributed by atoms with Gasteiger partial charge < -0.3 is 15.4 Å². The summed E-state index contributed by atoms with van der Waals surface area (Å²) in [5.41, 5.74) is 1.06. The standard InChI is InChI=1S/C18H18FN3O5/c1-10-4-5-12(18(24)27-3)8-15(10)20-11(2)17(23)21-13-6-7-14(19)16(9-13)22(25)26/h4-9,11,20H,1-3H3,(H,21,23)/t11-/m1/s1. The lowest BCUT2D eigenvalue weighted by Crippen LogP contribution is -2.32. The van der Waals surface area contributed by atoms with Gasteiger partial charge >= 0.3 is 11.7 Å². The molecule has 0 unspecified atom stereocenters. The second kappa shape index (κ2) is 8.26. The van der Waals surface area contributed by atoms with Crippen molar-refractivity contribution in [2.75, 3.05) is 17.7 Å². The summed E-state index contributed by atoms with van der Waals surface area (Å²) >= 11 is 0. The number of ether oxygens (including phenoxy) is 1. The van der Waals surface area contributed by atoms with E-state index in [4.69, 9.17) is 0 Å². The van der Waals surface area contributed by atoms with E-state index in [0.29, 0.717) is 11.3 Å². The van der Waals surface area contributed by atoms with Crippen LogP contribution in [0.1, 0.15) is 22.8 Å². The molecule has 27 heavy (non-hydrogen) atoms. The molecule has 0 radical (unpaired) electrons. The lowest BCUT2D eigenvalue weighted by molar-refractivity contribution is -0.387. The minimum absolute atomic E-state index is 0.0989. The number of halogens is 1. The van der Waals surface area contributed by atoms with Crippen molar-refractivity contribution >= 4 is 28.9 Å². The number of nitro benzene ring substituents is 1. The van der Waals surface area contributed by atoms with Crippen LogP contribution in [0.5, 0.6) is 0 Å². The normalized spacial score (nSPS) is 11.4. The number of carbonyl (C=O) groups is 2. The highest BCUT2D eigenvalue weighted by molar-refractivity contribution is 5.97. The average Bonchev–Trinajstić information content (AvgIpc) is 2.64. The zero-order chi connectivity index (χ0) is 20.1. The summed E-state index contributed by atoms with van der Waals surface area (Å²) in [6.45, 7) is 3.38. The monoisotopic (exact) mass is 375 g/mol. The van der Waals surface area contributed by atoms with Gasteiger partial charge in [0.1, 0.15) is 6.04 Å². The van der Waals surface area contributed by atoms with Crippen molar-refractivity contribution in [2.24, 2.45) is 0 Å². The molecule has 142 valence electrons. The number of esters is 1. The smallest absolute Gasteiger partial charge is 0.337 e. The lowest BCUT2D eigenvalue weighted by atomic mass is 10.1. The molecule has 0 aliphatic rings. The third-order valence-corrected chi connectivity index (χ3v) is 3.83. The van der Waals surface area contributed by atoms with Crippen LogP contribution in [0.3, 0.4) is 0 Å². The van der Waals surface area contributed by atoms with E-state index in [1.807, 2.05) is 0 Å². The zero-order valence-electron chi connectivity index (χ0n) is 14.9. The summed E-state index contributed by atoms with van der Waals surface area (Å²) in [7, 11) is 1.27. The van der Waals surface area contributed by atoms with E-state index in [1.54, 1.807) is 32.0 Å². The molecule has 1 atom stereocenters. The van der Waals surface area contributed by atoms with Crippen LogP contribution < -0.4 is 10.6 Å². The molecule has 2 rings (SSSR count). The predicted octanol–water partition coefficient (Wildman–Crippen LogP) is 3.27. The Morgan fingerprint density at radius 3 is 2.56 bits per heavy atom. The number of methoxy groups -OCH3 is 1. The Kier molecular flexibility index (Phi) is 6.07. The van der Waals surface area contributed by atoms with Crippen LogP contribution in [0.4, 0.5) is 21.5 Å². The second-order valence-electron chi connectivity index (χ2n) is 5.80. The first-order valence-electron chi connectivity index (χ1n) is 7.93. The Bertz CT molecular complexity index is 901. The fourth-order valence-electron chi connectivity index (χ4n) is 2.30. The summed E-state index contributed by atoms with van der Waals surface area (Å²) < 4.78 is 18.0. The van der Waals surface area contributed by atoms with Gasteiger partial charge in [0.25, 0.3) is 0 Å². The Morgan fingerprint density at radius 1 is 1.22 bits per heavy atom. The number of anilines is 2. The van der Waals surface area contributed by atoms with Gasteiger partial charge in [0.15, 0.2) is 0 Å². The largest absolute Gasteiger partial charge is 0.465 e. The van der Waals surface area contributed by atoms with Crippen LogP contribution >= 0.6 is 0 Å². The highest BCUT2D eigenvalue weighted by Gasteiger charge is 2.18. The van der Waals surface area contributed by atoms with Crippen molar-refractivity contribution in [3.8, 4) is 0 Å². The van der Waals surface area contributed by atoms with Gasteiger partial charge in [-0.15, -0.1) is 0 Å². The molecule has 9 heteroatoms. The molecule has 0 spiro atoms. The number of nitrogens with zero attached hydrogens (tertiary/aromatic N) is 1. The summed E-state index contributed by atoms with van der Waals surface area (Å²) in [5, 5.41) is 16.2. The van der Waals surface area contributed by atoms with E-state index in [9.17, 15) is 24.1 Å². The number of aryl methyl sites for hydroxylation is 1. The maximum Gasteiger partial charge on any atom is 0.337 e. The number of hydrogen-bond acceptors (Lipinski definition) is 6. The van der Waals surface area contributed by atoms with Gasteiger partial charge in [-0.3, -0.25) is 14.9 Å². The second-order valence-corrected chi connectivity index (χ2v) is 5.80. The molecule has 0 aliphatic heterocycles. The molecule has 1 amide bonds. The van der Waals surface area contributed by atoms with Gasteiger partial charge in [-0.25, -0.2) is 4.79 Å². The fourth-order valence-corrected chi connectivity index (χ4v) is 2.30. The highest BCUT2D eigenvalue weighted by Crippen LogP contribution is 2.22. The van der Waals surface area contributed by atoms with E-state index >= 15 is 0 Å². The Morgan fingerprint density at radius 2 is 1.93 bits per heavy atom. The van der Waals surface area contributed by atoms with Gasteiger partial charge in [0.2, 0.25) is 11.7 Å². The van der Waals surface area contributed by atoms with Crippen LogP contribution in [0.15, 0.2) is 36.4 Å². The molecule has 0 bridgehead atoms. The number of carbonyl (C=O) groups excluding carboxylic acids is 2. The molecule has 2 aromatic carbocycles. The maximum atomic E-state index is 13.4.